The van der Waals surface area contributed by atoms with Crippen molar-refractivity contribution in [3.05, 3.63) is 21.1 Å². The lowest BCUT2D eigenvalue weighted by Crippen LogP contribution is -1.93. The smallest absolute Gasteiger partial charge is 0.404 e. The molecule has 0 aliphatic rings. The van der Waals surface area contributed by atoms with Gasteiger partial charge in [0.25, 0.3) is 0 Å². The zero-order valence-electron chi connectivity index (χ0n) is 6.65. The first-order valence-electron chi connectivity index (χ1n) is 3.29. The van der Waals surface area contributed by atoms with Crippen molar-refractivity contribution in [2.75, 3.05) is 5.73 Å². The summed E-state index contributed by atoms with van der Waals surface area (Å²) in [6.07, 6.45) is 0. The van der Waals surface area contributed by atoms with Crippen LogP contribution in [0.25, 0.3) is 0 Å². The highest BCUT2D eigenvalue weighted by molar-refractivity contribution is 9.11. The molecule has 0 atom stereocenters. The number of phosphoric acid groups is 1. The van der Waals surface area contributed by atoms with Crippen LogP contribution >= 0.6 is 39.7 Å². The van der Waals surface area contributed by atoms with Gasteiger partial charge in [0.1, 0.15) is 5.75 Å². The van der Waals surface area contributed by atoms with E-state index in [1.165, 1.54) is 12.1 Å². The molecule has 1 aromatic carbocycles. The van der Waals surface area contributed by atoms with Gasteiger partial charge < -0.3 is 10.3 Å². The standard InChI is InChI=1S/C6H6Br2NO4P/c7-4-1-3(13-14(10,11)12)2-5(8)6(4)9/h1-2H,9H2,(H2,10,11,12). The number of hydrogen-bond donors (Lipinski definition) is 3. The fourth-order valence-corrected chi connectivity index (χ4v) is 2.28. The molecule has 0 aliphatic carbocycles. The second kappa shape index (κ2) is 4.20. The molecule has 0 saturated carbocycles. The molecule has 0 aliphatic heterocycles. The Morgan fingerprint density at radius 2 is 1.71 bits per heavy atom. The molecule has 0 fully saturated rings. The zero-order valence-corrected chi connectivity index (χ0v) is 10.7. The minimum atomic E-state index is -4.52. The fourth-order valence-electron chi connectivity index (χ4n) is 0.751. The Bertz CT molecular complexity index is 382. The normalized spacial score (nSPS) is 11.4. The number of nitrogens with two attached hydrogens (primary N) is 1. The van der Waals surface area contributed by atoms with E-state index in [1.807, 2.05) is 0 Å². The van der Waals surface area contributed by atoms with Crippen molar-refractivity contribution in [3.8, 4) is 5.75 Å². The summed E-state index contributed by atoms with van der Waals surface area (Å²) >= 11 is 6.23. The molecule has 0 bridgehead atoms. The van der Waals surface area contributed by atoms with Crippen molar-refractivity contribution in [2.45, 2.75) is 0 Å². The largest absolute Gasteiger partial charge is 0.524 e. The van der Waals surface area contributed by atoms with E-state index in [2.05, 4.69) is 36.4 Å². The summed E-state index contributed by atoms with van der Waals surface area (Å²) in [5.41, 5.74) is 6.00. The maximum Gasteiger partial charge on any atom is 0.524 e. The molecule has 0 heterocycles. The third-order valence-corrected chi connectivity index (χ3v) is 3.04. The van der Waals surface area contributed by atoms with E-state index in [0.717, 1.165) is 0 Å². The maximum atomic E-state index is 10.5. The summed E-state index contributed by atoms with van der Waals surface area (Å²) in [5, 5.41) is 0. The van der Waals surface area contributed by atoms with E-state index < -0.39 is 7.82 Å². The van der Waals surface area contributed by atoms with Crippen LogP contribution in [0.2, 0.25) is 0 Å². The molecule has 14 heavy (non-hydrogen) atoms. The second-order valence-electron chi connectivity index (χ2n) is 2.38. The Hall–Kier alpha value is -0.0700. The first-order valence-corrected chi connectivity index (χ1v) is 6.41. The minimum Gasteiger partial charge on any atom is -0.404 e. The van der Waals surface area contributed by atoms with E-state index in [9.17, 15) is 4.57 Å². The molecule has 0 aromatic heterocycles. The van der Waals surface area contributed by atoms with Gasteiger partial charge in [0.15, 0.2) is 0 Å². The molecule has 1 aromatic rings. The molecule has 78 valence electrons. The fraction of sp³-hybridized carbons (Fsp3) is 0. The van der Waals surface area contributed by atoms with E-state index in [1.54, 1.807) is 0 Å². The maximum absolute atomic E-state index is 10.5. The summed E-state index contributed by atoms with van der Waals surface area (Å²) in [7, 11) is -4.52. The Morgan fingerprint density at radius 3 is 2.07 bits per heavy atom. The highest BCUT2D eigenvalue weighted by Crippen LogP contribution is 2.41. The van der Waals surface area contributed by atoms with Gasteiger partial charge in [-0.3, -0.25) is 9.79 Å². The van der Waals surface area contributed by atoms with Crippen LogP contribution in [-0.2, 0) is 4.57 Å². The van der Waals surface area contributed by atoms with E-state index in [-0.39, 0.29) is 5.75 Å². The predicted octanol–water partition coefficient (Wildman–Crippen LogP) is 2.27. The van der Waals surface area contributed by atoms with E-state index in [4.69, 9.17) is 15.5 Å². The van der Waals surface area contributed by atoms with Gasteiger partial charge in [0.05, 0.1) is 5.69 Å². The lowest BCUT2D eigenvalue weighted by Gasteiger charge is -2.09. The Labute approximate surface area is 96.8 Å². The SMILES string of the molecule is Nc1c(Br)cc(OP(=O)(O)O)cc1Br. The van der Waals surface area contributed by atoms with Crippen molar-refractivity contribution in [1.82, 2.24) is 0 Å². The van der Waals surface area contributed by atoms with Crippen LogP contribution < -0.4 is 10.3 Å². The Kier molecular flexibility index (Phi) is 3.60. The highest BCUT2D eigenvalue weighted by atomic mass is 79.9. The van der Waals surface area contributed by atoms with E-state index >= 15 is 0 Å². The van der Waals surface area contributed by atoms with Gasteiger partial charge in [-0.05, 0) is 44.0 Å². The molecule has 1 rings (SSSR count). The number of benzene rings is 1. The quantitative estimate of drug-likeness (QED) is 0.564. The van der Waals surface area contributed by atoms with Crippen LogP contribution in [0.5, 0.6) is 5.75 Å². The monoisotopic (exact) mass is 345 g/mol. The van der Waals surface area contributed by atoms with Crippen molar-refractivity contribution < 1.29 is 18.9 Å². The lowest BCUT2D eigenvalue weighted by molar-refractivity contribution is 0.283. The van der Waals surface area contributed by atoms with Gasteiger partial charge in [-0.25, -0.2) is 4.57 Å². The number of halogens is 2. The van der Waals surface area contributed by atoms with Gasteiger partial charge in [-0.15, -0.1) is 0 Å². The topological polar surface area (TPSA) is 92.8 Å². The third kappa shape index (κ3) is 3.25. The first-order chi connectivity index (χ1) is 6.29. The molecule has 0 radical (unpaired) electrons. The molecular weight excluding hydrogens is 341 g/mol. The summed E-state index contributed by atoms with van der Waals surface area (Å²) < 4.78 is 15.9. The van der Waals surface area contributed by atoms with Crippen molar-refractivity contribution >= 4 is 45.4 Å². The Balaban J connectivity index is 3.08. The summed E-state index contributed by atoms with van der Waals surface area (Å²) in [4.78, 5) is 17.1. The van der Waals surface area contributed by atoms with Gasteiger partial charge in [-0.1, -0.05) is 0 Å². The molecule has 4 N–H and O–H groups in total. The van der Waals surface area contributed by atoms with Gasteiger partial charge in [0, 0.05) is 8.95 Å². The van der Waals surface area contributed by atoms with Crippen LogP contribution in [0.15, 0.2) is 21.1 Å². The summed E-state index contributed by atoms with van der Waals surface area (Å²) in [5.74, 6) is 0.0336. The number of rotatable bonds is 2. The number of phosphoric ester groups is 1. The third-order valence-electron chi connectivity index (χ3n) is 1.28. The van der Waals surface area contributed by atoms with Gasteiger partial charge in [-0.2, -0.15) is 0 Å². The Morgan fingerprint density at radius 1 is 1.29 bits per heavy atom. The second-order valence-corrected chi connectivity index (χ2v) is 5.25. The molecule has 0 spiro atoms. The van der Waals surface area contributed by atoms with Crippen molar-refractivity contribution in [3.63, 3.8) is 0 Å². The summed E-state index contributed by atoms with van der Waals surface area (Å²) in [6, 6.07) is 2.75. The molecular formula is C6H6Br2NO4P. The average molecular weight is 347 g/mol. The highest BCUT2D eigenvalue weighted by Gasteiger charge is 2.17. The number of anilines is 1. The molecule has 5 nitrogen and oxygen atoms in total. The predicted molar refractivity (Wildman–Crippen MR) is 58.9 cm³/mol. The number of hydrogen-bond acceptors (Lipinski definition) is 3. The van der Waals surface area contributed by atoms with Crippen LogP contribution in [0.1, 0.15) is 0 Å². The van der Waals surface area contributed by atoms with Crippen molar-refractivity contribution in [2.24, 2.45) is 0 Å². The summed E-state index contributed by atoms with van der Waals surface area (Å²) in [6.45, 7) is 0. The van der Waals surface area contributed by atoms with Crippen LogP contribution in [0.3, 0.4) is 0 Å². The van der Waals surface area contributed by atoms with Crippen LogP contribution in [0, 0.1) is 0 Å². The van der Waals surface area contributed by atoms with Gasteiger partial charge >= 0.3 is 7.82 Å². The first kappa shape index (κ1) is 12.0. The van der Waals surface area contributed by atoms with E-state index in [0.29, 0.717) is 14.6 Å². The molecule has 8 heteroatoms. The minimum absolute atomic E-state index is 0.0336. The molecule has 0 unspecified atom stereocenters. The zero-order chi connectivity index (χ0) is 10.9. The van der Waals surface area contributed by atoms with Gasteiger partial charge in [0.2, 0.25) is 0 Å². The average Bonchev–Trinajstić information content (AvgIpc) is 1.96. The number of nitrogen functional groups attached to an aromatic ring is 1. The molecule has 0 amide bonds. The van der Waals surface area contributed by atoms with Crippen LogP contribution in [-0.4, -0.2) is 9.79 Å². The lowest BCUT2D eigenvalue weighted by atomic mass is 10.3. The van der Waals surface area contributed by atoms with Crippen LogP contribution in [0.4, 0.5) is 5.69 Å². The van der Waals surface area contributed by atoms with Crippen molar-refractivity contribution in [1.29, 1.82) is 0 Å². The molecule has 0 saturated heterocycles.